The fourth-order valence-corrected chi connectivity index (χ4v) is 2.54. The van der Waals surface area contributed by atoms with E-state index in [9.17, 15) is 9.59 Å². The maximum atomic E-state index is 12.1. The average Bonchev–Trinajstić information content (AvgIpc) is 2.49. The van der Waals surface area contributed by atoms with E-state index in [1.165, 1.54) is 0 Å². The van der Waals surface area contributed by atoms with Gasteiger partial charge in [0.15, 0.2) is 0 Å². The van der Waals surface area contributed by atoms with Gasteiger partial charge in [-0.15, -0.1) is 0 Å². The molecule has 21 heavy (non-hydrogen) atoms. The fourth-order valence-electron chi connectivity index (χ4n) is 2.28. The van der Waals surface area contributed by atoms with Crippen LogP contribution in [0.2, 0.25) is 0 Å². The second-order valence-corrected chi connectivity index (χ2v) is 5.78. The molecule has 0 bridgehead atoms. The Morgan fingerprint density at radius 1 is 1.38 bits per heavy atom. The van der Waals surface area contributed by atoms with Gasteiger partial charge in [0.1, 0.15) is 6.04 Å². The van der Waals surface area contributed by atoms with Gasteiger partial charge in [-0.1, -0.05) is 15.9 Å². The van der Waals surface area contributed by atoms with Gasteiger partial charge in [-0.3, -0.25) is 14.5 Å². The summed E-state index contributed by atoms with van der Waals surface area (Å²) >= 11 is 3.35. The van der Waals surface area contributed by atoms with E-state index in [2.05, 4.69) is 31.9 Å². The average molecular weight is 355 g/mol. The minimum atomic E-state index is -0.306. The van der Waals surface area contributed by atoms with E-state index in [0.29, 0.717) is 13.1 Å². The predicted molar refractivity (Wildman–Crippen MR) is 85.1 cm³/mol. The standard InChI is InChI=1S/C14H19BrN4O2/c1-16-14(21)12-8-17-6-7-19(12)9-13(20)18-11-4-2-10(15)3-5-11/h2-5,12,17H,6-9H2,1H3,(H,16,21)(H,18,20). The second-order valence-electron chi connectivity index (χ2n) is 4.86. The number of piperazine rings is 1. The van der Waals surface area contributed by atoms with Gasteiger partial charge in [0.25, 0.3) is 0 Å². The van der Waals surface area contributed by atoms with Gasteiger partial charge >= 0.3 is 0 Å². The molecule has 0 aromatic heterocycles. The third-order valence-corrected chi connectivity index (χ3v) is 3.91. The lowest BCUT2D eigenvalue weighted by Gasteiger charge is -2.34. The Morgan fingerprint density at radius 2 is 2.10 bits per heavy atom. The normalized spacial score (nSPS) is 19.0. The summed E-state index contributed by atoms with van der Waals surface area (Å²) in [7, 11) is 1.61. The van der Waals surface area contributed by atoms with Crippen LogP contribution in [-0.4, -0.2) is 56.0 Å². The van der Waals surface area contributed by atoms with Crippen molar-refractivity contribution in [3.63, 3.8) is 0 Å². The van der Waals surface area contributed by atoms with E-state index in [-0.39, 0.29) is 24.4 Å². The minimum Gasteiger partial charge on any atom is -0.358 e. The molecule has 1 saturated heterocycles. The largest absolute Gasteiger partial charge is 0.358 e. The molecule has 2 amide bonds. The maximum absolute atomic E-state index is 12.1. The van der Waals surface area contributed by atoms with Crippen LogP contribution >= 0.6 is 15.9 Å². The van der Waals surface area contributed by atoms with Crippen molar-refractivity contribution in [2.24, 2.45) is 0 Å². The zero-order valence-corrected chi connectivity index (χ0v) is 13.4. The van der Waals surface area contributed by atoms with Crippen molar-refractivity contribution in [2.45, 2.75) is 6.04 Å². The molecule has 0 saturated carbocycles. The monoisotopic (exact) mass is 354 g/mol. The molecule has 1 atom stereocenters. The molecule has 2 rings (SSSR count). The highest BCUT2D eigenvalue weighted by Crippen LogP contribution is 2.14. The number of rotatable bonds is 4. The number of hydrogen-bond donors (Lipinski definition) is 3. The Labute approximate surface area is 132 Å². The highest BCUT2D eigenvalue weighted by molar-refractivity contribution is 9.10. The zero-order valence-electron chi connectivity index (χ0n) is 11.9. The molecule has 0 aliphatic carbocycles. The van der Waals surface area contributed by atoms with E-state index in [0.717, 1.165) is 16.7 Å². The van der Waals surface area contributed by atoms with Gasteiger partial charge in [-0.05, 0) is 24.3 Å². The number of carbonyl (C=O) groups is 2. The minimum absolute atomic E-state index is 0.0707. The van der Waals surface area contributed by atoms with Crippen LogP contribution in [0.5, 0.6) is 0 Å². The number of likely N-dealkylation sites (N-methyl/N-ethyl adjacent to an activating group) is 1. The zero-order chi connectivity index (χ0) is 15.2. The quantitative estimate of drug-likeness (QED) is 0.732. The first-order chi connectivity index (χ1) is 10.1. The van der Waals surface area contributed by atoms with E-state index >= 15 is 0 Å². The van der Waals surface area contributed by atoms with Gasteiger partial charge in [0.05, 0.1) is 6.54 Å². The molecule has 6 nitrogen and oxygen atoms in total. The van der Waals surface area contributed by atoms with Crippen LogP contribution < -0.4 is 16.0 Å². The van der Waals surface area contributed by atoms with E-state index in [1.807, 2.05) is 29.2 Å². The van der Waals surface area contributed by atoms with Crippen LogP contribution in [0.15, 0.2) is 28.7 Å². The first kappa shape index (κ1) is 15.9. The molecule has 1 unspecified atom stereocenters. The van der Waals surface area contributed by atoms with E-state index < -0.39 is 0 Å². The Kier molecular flexibility index (Phi) is 5.72. The third kappa shape index (κ3) is 4.52. The van der Waals surface area contributed by atoms with Gasteiger partial charge in [-0.2, -0.15) is 0 Å². The van der Waals surface area contributed by atoms with Gasteiger partial charge in [0, 0.05) is 36.8 Å². The van der Waals surface area contributed by atoms with Crippen LogP contribution in [0.3, 0.4) is 0 Å². The lowest BCUT2D eigenvalue weighted by atomic mass is 10.1. The molecule has 3 N–H and O–H groups in total. The molecule has 0 spiro atoms. The predicted octanol–water partition coefficient (Wildman–Crippen LogP) is 0.407. The molecule has 1 fully saturated rings. The number of carbonyl (C=O) groups excluding carboxylic acids is 2. The number of hydrogen-bond acceptors (Lipinski definition) is 4. The Bertz CT molecular complexity index is 506. The first-order valence-corrected chi connectivity index (χ1v) is 7.61. The number of nitrogens with zero attached hydrogens (tertiary/aromatic N) is 1. The highest BCUT2D eigenvalue weighted by atomic mass is 79.9. The van der Waals surface area contributed by atoms with Crippen molar-refractivity contribution in [2.75, 3.05) is 38.5 Å². The molecule has 1 heterocycles. The first-order valence-electron chi connectivity index (χ1n) is 6.82. The van der Waals surface area contributed by atoms with Gasteiger partial charge in [0.2, 0.25) is 11.8 Å². The lowest BCUT2D eigenvalue weighted by molar-refractivity contribution is -0.128. The summed E-state index contributed by atoms with van der Waals surface area (Å²) in [5.74, 6) is -0.188. The molecule has 1 aliphatic heterocycles. The number of benzene rings is 1. The van der Waals surface area contributed by atoms with Gasteiger partial charge in [-0.25, -0.2) is 0 Å². The topological polar surface area (TPSA) is 73.5 Å². The van der Waals surface area contributed by atoms with E-state index in [1.54, 1.807) is 7.05 Å². The molecular weight excluding hydrogens is 336 g/mol. The molecular formula is C14H19BrN4O2. The van der Waals surface area contributed by atoms with Crippen molar-refractivity contribution in [3.8, 4) is 0 Å². The summed E-state index contributed by atoms with van der Waals surface area (Å²) in [6.45, 7) is 2.21. The van der Waals surface area contributed by atoms with Crippen LogP contribution in [0.25, 0.3) is 0 Å². The Morgan fingerprint density at radius 3 is 2.76 bits per heavy atom. The third-order valence-electron chi connectivity index (χ3n) is 3.38. The van der Waals surface area contributed by atoms with Crippen molar-refractivity contribution in [1.82, 2.24) is 15.5 Å². The van der Waals surface area contributed by atoms with Crippen molar-refractivity contribution in [1.29, 1.82) is 0 Å². The van der Waals surface area contributed by atoms with E-state index in [4.69, 9.17) is 0 Å². The van der Waals surface area contributed by atoms with Crippen LogP contribution in [0, 0.1) is 0 Å². The lowest BCUT2D eigenvalue weighted by Crippen LogP contribution is -2.58. The maximum Gasteiger partial charge on any atom is 0.238 e. The highest BCUT2D eigenvalue weighted by Gasteiger charge is 2.29. The molecule has 0 radical (unpaired) electrons. The second kappa shape index (κ2) is 7.53. The number of anilines is 1. The summed E-state index contributed by atoms with van der Waals surface area (Å²) in [6.07, 6.45) is 0. The molecule has 1 aromatic carbocycles. The summed E-state index contributed by atoms with van der Waals surface area (Å²) in [5.41, 5.74) is 0.745. The van der Waals surface area contributed by atoms with Crippen LogP contribution in [-0.2, 0) is 9.59 Å². The van der Waals surface area contributed by atoms with Crippen LogP contribution in [0.4, 0.5) is 5.69 Å². The molecule has 1 aliphatic rings. The van der Waals surface area contributed by atoms with Crippen LogP contribution in [0.1, 0.15) is 0 Å². The Hall–Kier alpha value is -1.44. The van der Waals surface area contributed by atoms with Crippen molar-refractivity contribution >= 4 is 33.4 Å². The Balaban J connectivity index is 1.93. The summed E-state index contributed by atoms with van der Waals surface area (Å²) in [6, 6.07) is 7.09. The molecule has 7 heteroatoms. The SMILES string of the molecule is CNC(=O)C1CNCCN1CC(=O)Nc1ccc(Br)cc1. The van der Waals surface area contributed by atoms with Gasteiger partial charge < -0.3 is 16.0 Å². The summed E-state index contributed by atoms with van der Waals surface area (Å²) in [4.78, 5) is 25.8. The molecule has 114 valence electrons. The van der Waals surface area contributed by atoms with Crippen molar-refractivity contribution < 1.29 is 9.59 Å². The summed E-state index contributed by atoms with van der Waals surface area (Å²) < 4.78 is 0.960. The number of nitrogens with one attached hydrogen (secondary N) is 3. The fraction of sp³-hybridized carbons (Fsp3) is 0.429. The van der Waals surface area contributed by atoms with Crippen molar-refractivity contribution in [3.05, 3.63) is 28.7 Å². The number of halogens is 1. The number of amides is 2. The summed E-state index contributed by atoms with van der Waals surface area (Å²) in [5, 5.41) is 8.65. The molecule has 1 aromatic rings. The smallest absolute Gasteiger partial charge is 0.238 e.